The second-order valence-electron chi connectivity index (χ2n) is 8.72. The van der Waals surface area contributed by atoms with E-state index in [1.165, 1.54) is 0 Å². The maximum absolute atomic E-state index is 13.3. The van der Waals surface area contributed by atoms with Crippen molar-refractivity contribution in [1.29, 1.82) is 0 Å². The van der Waals surface area contributed by atoms with Crippen molar-refractivity contribution >= 4 is 23.8 Å². The fraction of sp³-hybridized carbons (Fsp3) is 0.360. The van der Waals surface area contributed by atoms with Gasteiger partial charge in [-0.15, -0.1) is 0 Å². The lowest BCUT2D eigenvalue weighted by molar-refractivity contribution is -0.156. The van der Waals surface area contributed by atoms with Crippen LogP contribution in [0.3, 0.4) is 0 Å². The maximum atomic E-state index is 13.3. The highest BCUT2D eigenvalue weighted by Crippen LogP contribution is 2.50. The Kier molecular flexibility index (Phi) is 6.49. The van der Waals surface area contributed by atoms with Gasteiger partial charge in [0.05, 0.1) is 18.3 Å². The minimum Gasteiger partial charge on any atom is -0.481 e. The standard InChI is InChI=1S/C25H26N2O7/c28-13-5-4-12-27-22(31)19-20(23(27)32)25(24(33)34,14-18(29)30)26-21(19)17-10-8-16(9-11-17)15-6-2-1-3-7-15/h1-3,6-11,19-21,26,28H,4-5,12-14H2,(H,29,30)(H,33,34). The Morgan fingerprint density at radius 2 is 1.56 bits per heavy atom. The molecular formula is C25H26N2O7. The number of aliphatic carboxylic acids is 2. The third-order valence-corrected chi connectivity index (χ3v) is 6.72. The highest BCUT2D eigenvalue weighted by atomic mass is 16.4. The predicted octanol–water partition coefficient (Wildman–Crippen LogP) is 1.67. The van der Waals surface area contributed by atoms with Crippen LogP contribution in [0.5, 0.6) is 0 Å². The highest BCUT2D eigenvalue weighted by Gasteiger charge is 2.68. The fourth-order valence-corrected chi connectivity index (χ4v) is 5.14. The van der Waals surface area contributed by atoms with Crippen LogP contribution in [0.25, 0.3) is 11.1 Å². The number of nitrogens with zero attached hydrogens (tertiary/aromatic N) is 1. The molecule has 34 heavy (non-hydrogen) atoms. The molecule has 2 saturated heterocycles. The first-order valence-corrected chi connectivity index (χ1v) is 11.1. The van der Waals surface area contributed by atoms with Crippen molar-refractivity contribution in [2.24, 2.45) is 11.8 Å². The molecule has 178 valence electrons. The van der Waals surface area contributed by atoms with Crippen LogP contribution in [0.4, 0.5) is 0 Å². The summed E-state index contributed by atoms with van der Waals surface area (Å²) >= 11 is 0. The number of carboxylic acid groups (broad SMARTS) is 2. The summed E-state index contributed by atoms with van der Waals surface area (Å²) in [5, 5.41) is 31.5. The molecule has 0 aromatic heterocycles. The average Bonchev–Trinajstić information content (AvgIpc) is 3.29. The molecule has 2 aromatic rings. The number of hydrogen-bond acceptors (Lipinski definition) is 6. The van der Waals surface area contributed by atoms with Crippen molar-refractivity contribution in [3.8, 4) is 11.1 Å². The number of carboxylic acids is 2. The Labute approximate surface area is 196 Å². The predicted molar refractivity (Wildman–Crippen MR) is 120 cm³/mol. The minimum absolute atomic E-state index is 0.0493. The third-order valence-electron chi connectivity index (χ3n) is 6.72. The number of aliphatic hydroxyl groups is 1. The number of likely N-dealkylation sites (tertiary alicyclic amines) is 1. The molecule has 0 saturated carbocycles. The maximum Gasteiger partial charge on any atom is 0.325 e. The number of benzene rings is 2. The zero-order valence-electron chi connectivity index (χ0n) is 18.4. The van der Waals surface area contributed by atoms with E-state index < -0.39 is 53.6 Å². The van der Waals surface area contributed by atoms with Gasteiger partial charge < -0.3 is 15.3 Å². The Morgan fingerprint density at radius 3 is 2.15 bits per heavy atom. The van der Waals surface area contributed by atoms with Gasteiger partial charge in [0.15, 0.2) is 0 Å². The van der Waals surface area contributed by atoms with E-state index in [4.69, 9.17) is 5.11 Å². The van der Waals surface area contributed by atoms with E-state index >= 15 is 0 Å². The Bertz CT molecular complexity index is 1100. The van der Waals surface area contributed by atoms with Crippen molar-refractivity contribution in [1.82, 2.24) is 10.2 Å². The van der Waals surface area contributed by atoms with Gasteiger partial charge in [0.1, 0.15) is 5.54 Å². The summed E-state index contributed by atoms with van der Waals surface area (Å²) in [5.41, 5.74) is 0.395. The second-order valence-corrected chi connectivity index (χ2v) is 8.72. The van der Waals surface area contributed by atoms with Crippen molar-refractivity contribution < 1.29 is 34.5 Å². The molecular weight excluding hydrogens is 440 g/mol. The van der Waals surface area contributed by atoms with E-state index in [-0.39, 0.29) is 13.2 Å². The van der Waals surface area contributed by atoms with Gasteiger partial charge in [-0.3, -0.25) is 29.4 Å². The number of imide groups is 1. The number of unbranched alkanes of at least 4 members (excludes halogenated alkanes) is 1. The molecule has 2 aliphatic heterocycles. The summed E-state index contributed by atoms with van der Waals surface area (Å²) < 4.78 is 0. The average molecular weight is 466 g/mol. The molecule has 0 bridgehead atoms. The van der Waals surface area contributed by atoms with Gasteiger partial charge in [-0.05, 0) is 29.5 Å². The Balaban J connectivity index is 1.73. The Hall–Kier alpha value is -3.56. The molecule has 2 aliphatic rings. The normalized spacial score (nSPS) is 26.0. The highest BCUT2D eigenvalue weighted by molar-refractivity contribution is 6.10. The number of nitrogens with one attached hydrogen (secondary N) is 1. The summed E-state index contributed by atoms with van der Waals surface area (Å²) in [6.45, 7) is -0.0488. The van der Waals surface area contributed by atoms with Crippen LogP contribution in [-0.2, 0) is 19.2 Å². The van der Waals surface area contributed by atoms with E-state index in [9.17, 15) is 29.4 Å². The van der Waals surface area contributed by atoms with Gasteiger partial charge in [-0.1, -0.05) is 54.6 Å². The zero-order valence-corrected chi connectivity index (χ0v) is 18.4. The van der Waals surface area contributed by atoms with Crippen molar-refractivity contribution in [2.75, 3.05) is 13.2 Å². The largest absolute Gasteiger partial charge is 0.481 e. The van der Waals surface area contributed by atoms with Gasteiger partial charge >= 0.3 is 11.9 Å². The first-order chi connectivity index (χ1) is 16.3. The molecule has 9 heteroatoms. The van der Waals surface area contributed by atoms with Crippen molar-refractivity contribution in [2.45, 2.75) is 30.8 Å². The molecule has 2 fully saturated rings. The number of rotatable bonds is 9. The minimum atomic E-state index is -2.11. The van der Waals surface area contributed by atoms with E-state index in [1.807, 2.05) is 42.5 Å². The smallest absolute Gasteiger partial charge is 0.325 e. The lowest BCUT2D eigenvalue weighted by Gasteiger charge is -2.29. The second kappa shape index (κ2) is 9.36. The Morgan fingerprint density at radius 1 is 0.912 bits per heavy atom. The molecule has 2 amide bonds. The molecule has 0 aliphatic carbocycles. The number of aliphatic hydroxyl groups excluding tert-OH is 1. The molecule has 4 N–H and O–H groups in total. The number of amides is 2. The van der Waals surface area contributed by atoms with Gasteiger partial charge in [0, 0.05) is 19.2 Å². The third kappa shape index (κ3) is 3.97. The lowest BCUT2D eigenvalue weighted by atomic mass is 9.77. The van der Waals surface area contributed by atoms with Gasteiger partial charge in [0.25, 0.3) is 0 Å². The molecule has 0 spiro atoms. The van der Waals surface area contributed by atoms with Crippen LogP contribution in [0, 0.1) is 11.8 Å². The molecule has 2 heterocycles. The molecule has 4 unspecified atom stereocenters. The van der Waals surface area contributed by atoms with Gasteiger partial charge in [0.2, 0.25) is 11.8 Å². The van der Waals surface area contributed by atoms with Crippen molar-refractivity contribution in [3.05, 3.63) is 60.2 Å². The SMILES string of the molecule is O=C(O)CC1(C(=O)O)NC(c2ccc(-c3ccccc3)cc2)C2C(=O)N(CCCCO)C(=O)C21. The van der Waals surface area contributed by atoms with Crippen LogP contribution < -0.4 is 5.32 Å². The molecule has 4 rings (SSSR count). The van der Waals surface area contributed by atoms with Gasteiger partial charge in [-0.2, -0.15) is 0 Å². The summed E-state index contributed by atoms with van der Waals surface area (Å²) in [6, 6.07) is 16.0. The number of fused-ring (bicyclic) bond motifs is 1. The quantitative estimate of drug-likeness (QED) is 0.323. The number of carbonyl (C=O) groups is 4. The number of carbonyl (C=O) groups excluding carboxylic acids is 2. The van der Waals surface area contributed by atoms with Gasteiger partial charge in [-0.25, -0.2) is 0 Å². The molecule has 0 radical (unpaired) electrons. The van der Waals surface area contributed by atoms with E-state index in [2.05, 4.69) is 5.32 Å². The topological polar surface area (TPSA) is 144 Å². The van der Waals surface area contributed by atoms with Crippen LogP contribution in [0.2, 0.25) is 0 Å². The lowest BCUT2D eigenvalue weighted by Crippen LogP contribution is -2.57. The molecule has 4 atom stereocenters. The first kappa shape index (κ1) is 23.6. The molecule has 2 aromatic carbocycles. The van der Waals surface area contributed by atoms with Crippen LogP contribution >= 0.6 is 0 Å². The molecule has 9 nitrogen and oxygen atoms in total. The van der Waals surface area contributed by atoms with Crippen LogP contribution in [0.1, 0.15) is 30.9 Å². The van der Waals surface area contributed by atoms with Crippen LogP contribution in [-0.4, -0.2) is 62.7 Å². The van der Waals surface area contributed by atoms with E-state index in [1.54, 1.807) is 12.1 Å². The van der Waals surface area contributed by atoms with E-state index in [0.29, 0.717) is 18.4 Å². The summed E-state index contributed by atoms with van der Waals surface area (Å²) in [7, 11) is 0. The zero-order chi connectivity index (χ0) is 24.5. The first-order valence-electron chi connectivity index (χ1n) is 11.1. The number of hydrogen-bond donors (Lipinski definition) is 4. The summed E-state index contributed by atoms with van der Waals surface area (Å²) in [4.78, 5) is 51.6. The van der Waals surface area contributed by atoms with Crippen molar-refractivity contribution in [3.63, 3.8) is 0 Å². The van der Waals surface area contributed by atoms with E-state index in [0.717, 1.165) is 16.0 Å². The fourth-order valence-electron chi connectivity index (χ4n) is 5.14. The monoisotopic (exact) mass is 466 g/mol. The van der Waals surface area contributed by atoms with Crippen LogP contribution in [0.15, 0.2) is 54.6 Å². The summed E-state index contributed by atoms with van der Waals surface area (Å²) in [5.74, 6) is -6.46. The summed E-state index contributed by atoms with van der Waals surface area (Å²) in [6.07, 6.45) is -0.0872.